The molecule has 1 fully saturated rings. The van der Waals surface area contributed by atoms with E-state index in [2.05, 4.69) is 20.3 Å². The molecule has 8 nitrogen and oxygen atoms in total. The van der Waals surface area contributed by atoms with E-state index >= 15 is 0 Å². The van der Waals surface area contributed by atoms with Crippen molar-refractivity contribution in [3.05, 3.63) is 52.9 Å². The van der Waals surface area contributed by atoms with Crippen molar-refractivity contribution in [3.63, 3.8) is 0 Å². The van der Waals surface area contributed by atoms with Crippen LogP contribution in [0, 0.1) is 18.3 Å². The summed E-state index contributed by atoms with van der Waals surface area (Å²) in [7, 11) is 0. The fourth-order valence-electron chi connectivity index (χ4n) is 4.54. The first-order valence-corrected chi connectivity index (χ1v) is 11.9. The Bertz CT molecular complexity index is 1290. The van der Waals surface area contributed by atoms with Gasteiger partial charge < -0.3 is 20.6 Å². The molecule has 4 rings (SSSR count). The van der Waals surface area contributed by atoms with E-state index in [1.54, 1.807) is 32.2 Å². The van der Waals surface area contributed by atoms with Crippen LogP contribution in [-0.4, -0.2) is 42.0 Å². The largest absolute Gasteiger partial charge is 0.481 e. The number of hydrogen-bond donors (Lipinski definition) is 4. The number of hydrogen-bond acceptors (Lipinski definition) is 8. The van der Waals surface area contributed by atoms with Gasteiger partial charge in [-0.2, -0.15) is 13.2 Å². The van der Waals surface area contributed by atoms with Gasteiger partial charge in [0, 0.05) is 24.5 Å². The quantitative estimate of drug-likeness (QED) is 0.346. The Kier molecular flexibility index (Phi) is 6.56. The number of aromatic nitrogens is 3. The summed E-state index contributed by atoms with van der Waals surface area (Å²) in [6.07, 6.45) is -2.07. The first-order chi connectivity index (χ1) is 16.7. The molecule has 3 aromatic rings. The molecular weight excluding hydrogens is 497 g/mol. The number of rotatable bonds is 5. The van der Waals surface area contributed by atoms with Crippen molar-refractivity contribution < 1.29 is 33.3 Å². The summed E-state index contributed by atoms with van der Waals surface area (Å²) < 4.78 is 39.0. The van der Waals surface area contributed by atoms with E-state index in [0.717, 1.165) is 17.8 Å². The Morgan fingerprint density at radius 1 is 1.17 bits per heavy atom. The highest BCUT2D eigenvalue weighted by Crippen LogP contribution is 2.52. The number of anilines is 2. The molecule has 0 saturated heterocycles. The van der Waals surface area contributed by atoms with Crippen molar-refractivity contribution in [3.8, 4) is 10.4 Å². The molecular formula is C24H25F3N4O4S. The maximum absolute atomic E-state index is 13.0. The van der Waals surface area contributed by atoms with Gasteiger partial charge in [-0.1, -0.05) is 19.9 Å². The lowest BCUT2D eigenvalue weighted by molar-refractivity contribution is -0.226. The summed E-state index contributed by atoms with van der Waals surface area (Å²) in [5, 5.41) is 34.2. The van der Waals surface area contributed by atoms with Crippen LogP contribution in [0.25, 0.3) is 10.4 Å². The van der Waals surface area contributed by atoms with Crippen LogP contribution in [0.5, 0.6) is 0 Å². The maximum Gasteiger partial charge on any atom is 0.433 e. The van der Waals surface area contributed by atoms with E-state index in [4.69, 9.17) is 0 Å². The van der Waals surface area contributed by atoms with E-state index in [0.29, 0.717) is 21.1 Å². The molecule has 0 spiro atoms. The van der Waals surface area contributed by atoms with Crippen LogP contribution in [-0.2, 0) is 11.0 Å². The summed E-state index contributed by atoms with van der Waals surface area (Å²) in [6, 6.07) is 6.10. The van der Waals surface area contributed by atoms with Gasteiger partial charge >= 0.3 is 12.1 Å². The molecule has 1 aromatic carbocycles. The van der Waals surface area contributed by atoms with Gasteiger partial charge in [0.2, 0.25) is 5.95 Å². The predicted octanol–water partition coefficient (Wildman–Crippen LogP) is 4.96. The number of nitrogens with zero attached hydrogens (tertiary/aromatic N) is 3. The second-order valence-electron chi connectivity index (χ2n) is 9.76. The average Bonchev–Trinajstić information content (AvgIpc) is 3.24. The Morgan fingerprint density at radius 3 is 2.56 bits per heavy atom. The highest BCUT2D eigenvalue weighted by Gasteiger charge is 2.53. The van der Waals surface area contributed by atoms with Crippen molar-refractivity contribution in [1.82, 2.24) is 15.0 Å². The molecule has 1 aliphatic carbocycles. The number of carboxylic acids is 1. The average molecular weight is 523 g/mol. The lowest BCUT2D eigenvalue weighted by Crippen LogP contribution is -2.50. The Labute approximate surface area is 208 Å². The van der Waals surface area contributed by atoms with E-state index in [1.165, 1.54) is 11.3 Å². The van der Waals surface area contributed by atoms with Crippen LogP contribution in [0.1, 0.15) is 48.9 Å². The second kappa shape index (κ2) is 9.09. The Balaban J connectivity index is 1.61. The van der Waals surface area contributed by atoms with Gasteiger partial charge in [0.25, 0.3) is 0 Å². The molecule has 0 amide bonds. The van der Waals surface area contributed by atoms with Crippen LogP contribution in [0.15, 0.2) is 36.7 Å². The van der Waals surface area contributed by atoms with Crippen LogP contribution < -0.4 is 5.32 Å². The third-order valence-electron chi connectivity index (χ3n) is 6.42. The van der Waals surface area contributed by atoms with Gasteiger partial charge in [0.1, 0.15) is 10.7 Å². The summed E-state index contributed by atoms with van der Waals surface area (Å²) in [5.74, 6) is -5.19. The number of benzene rings is 1. The first-order valence-electron chi connectivity index (χ1n) is 11.1. The van der Waals surface area contributed by atoms with Crippen molar-refractivity contribution in [2.45, 2.75) is 51.5 Å². The minimum absolute atomic E-state index is 0.200. The van der Waals surface area contributed by atoms with Crippen LogP contribution in [0.4, 0.5) is 24.8 Å². The molecule has 0 bridgehead atoms. The Morgan fingerprint density at radius 2 is 1.89 bits per heavy atom. The summed E-state index contributed by atoms with van der Waals surface area (Å²) >= 11 is 1.25. The molecule has 36 heavy (non-hydrogen) atoms. The minimum Gasteiger partial charge on any atom is -0.481 e. The molecule has 2 atom stereocenters. The van der Waals surface area contributed by atoms with Crippen molar-refractivity contribution >= 4 is 28.9 Å². The van der Waals surface area contributed by atoms with Crippen LogP contribution in [0.2, 0.25) is 0 Å². The lowest BCUT2D eigenvalue weighted by Gasteiger charge is -2.46. The third-order valence-corrected chi connectivity index (χ3v) is 7.58. The molecule has 12 heteroatoms. The number of alkyl halides is 3. The van der Waals surface area contributed by atoms with Gasteiger partial charge in [-0.25, -0.2) is 15.0 Å². The number of halogens is 3. The fourth-order valence-corrected chi connectivity index (χ4v) is 5.63. The molecule has 2 heterocycles. The standard InChI is InChI=1S/C24H25F3N4O4S/c1-12-6-13(8-14(7-12)30-21-28-5-4-18(31-21)24(25,26)27)17-11-29-19(36-17)15-9-22(2,3)16(20(32)33)10-23(15,34)35/h4-8,11,15-16,34-35H,9-10H2,1-3H3,(H,32,33)(H,28,30,31). The summed E-state index contributed by atoms with van der Waals surface area (Å²) in [5.41, 5.74) is 0.271. The SMILES string of the molecule is Cc1cc(Nc2nccc(C(F)(F)F)n2)cc(-c2cnc(C3CC(C)(C)C(C(=O)O)CC3(O)O)s2)c1. The molecule has 2 unspecified atom stereocenters. The van der Waals surface area contributed by atoms with Crippen LogP contribution >= 0.6 is 11.3 Å². The predicted molar refractivity (Wildman–Crippen MR) is 127 cm³/mol. The van der Waals surface area contributed by atoms with Gasteiger partial charge in [0.05, 0.1) is 16.7 Å². The number of aliphatic carboxylic acids is 1. The summed E-state index contributed by atoms with van der Waals surface area (Å²) in [4.78, 5) is 24.2. The third kappa shape index (κ3) is 5.35. The highest BCUT2D eigenvalue weighted by molar-refractivity contribution is 7.15. The maximum atomic E-state index is 13.0. The van der Waals surface area contributed by atoms with Crippen molar-refractivity contribution in [1.29, 1.82) is 0 Å². The topological polar surface area (TPSA) is 128 Å². The molecule has 1 aliphatic rings. The second-order valence-corrected chi connectivity index (χ2v) is 10.8. The van der Waals surface area contributed by atoms with E-state index in [-0.39, 0.29) is 18.8 Å². The van der Waals surface area contributed by atoms with Crippen molar-refractivity contribution in [2.75, 3.05) is 5.32 Å². The molecule has 4 N–H and O–H groups in total. The monoisotopic (exact) mass is 522 g/mol. The number of carbonyl (C=O) groups is 1. The first kappa shape index (κ1) is 26.0. The number of aliphatic hydroxyl groups is 2. The zero-order valence-electron chi connectivity index (χ0n) is 19.7. The van der Waals surface area contributed by atoms with Gasteiger partial charge in [-0.15, -0.1) is 11.3 Å². The number of thiazole rings is 1. The lowest BCUT2D eigenvalue weighted by atomic mass is 9.62. The molecule has 0 radical (unpaired) electrons. The molecule has 2 aromatic heterocycles. The number of nitrogens with one attached hydrogen (secondary N) is 1. The van der Waals surface area contributed by atoms with Crippen LogP contribution in [0.3, 0.4) is 0 Å². The highest BCUT2D eigenvalue weighted by atomic mass is 32.1. The van der Waals surface area contributed by atoms with E-state index < -0.39 is 40.9 Å². The van der Waals surface area contributed by atoms with Gasteiger partial charge in [-0.05, 0) is 48.1 Å². The van der Waals surface area contributed by atoms with Gasteiger partial charge in [-0.3, -0.25) is 4.79 Å². The smallest absolute Gasteiger partial charge is 0.433 e. The van der Waals surface area contributed by atoms with E-state index in [1.807, 2.05) is 13.0 Å². The normalized spacial score (nSPS) is 21.2. The van der Waals surface area contributed by atoms with E-state index in [9.17, 15) is 33.3 Å². The zero-order valence-corrected chi connectivity index (χ0v) is 20.5. The minimum atomic E-state index is -4.59. The number of aryl methyl sites for hydroxylation is 1. The molecule has 192 valence electrons. The van der Waals surface area contributed by atoms with Crippen molar-refractivity contribution in [2.24, 2.45) is 11.3 Å². The summed E-state index contributed by atoms with van der Waals surface area (Å²) in [6.45, 7) is 5.40. The van der Waals surface area contributed by atoms with Gasteiger partial charge in [0.15, 0.2) is 5.79 Å². The Hall–Kier alpha value is -3.09. The fraction of sp³-hybridized carbons (Fsp3) is 0.417. The molecule has 0 aliphatic heterocycles. The number of carboxylic acid groups (broad SMARTS) is 1. The zero-order chi connectivity index (χ0) is 26.5. The molecule has 1 saturated carbocycles.